The second-order valence-corrected chi connectivity index (χ2v) is 7.88. The summed E-state index contributed by atoms with van der Waals surface area (Å²) in [6, 6.07) is 4.29. The summed E-state index contributed by atoms with van der Waals surface area (Å²) in [5.74, 6) is 2.03. The van der Waals surface area contributed by atoms with Gasteiger partial charge in [-0.1, -0.05) is 0 Å². The van der Waals surface area contributed by atoms with Crippen molar-refractivity contribution < 1.29 is 9.47 Å². The molecule has 0 aliphatic carbocycles. The minimum Gasteiger partial charge on any atom is -0.375 e. The van der Waals surface area contributed by atoms with Crippen LogP contribution < -0.4 is 10.2 Å². The number of halogens is 1. The lowest BCUT2D eigenvalue weighted by Crippen LogP contribution is -2.53. The monoisotopic (exact) mass is 515 g/mol. The van der Waals surface area contributed by atoms with Gasteiger partial charge in [0, 0.05) is 52.6 Å². The molecule has 3 aliphatic rings. The predicted octanol–water partition coefficient (Wildman–Crippen LogP) is 2.65. The predicted molar refractivity (Wildman–Crippen MR) is 126 cm³/mol. The zero-order chi connectivity index (χ0) is 19.2. The summed E-state index contributed by atoms with van der Waals surface area (Å²) < 4.78 is 11.8. The van der Waals surface area contributed by atoms with E-state index in [0.717, 1.165) is 70.6 Å². The third-order valence-corrected chi connectivity index (χ3v) is 5.92. The summed E-state index contributed by atoms with van der Waals surface area (Å²) in [5.41, 5.74) is 1.24. The number of rotatable bonds is 4. The van der Waals surface area contributed by atoms with Gasteiger partial charge in [-0.05, 0) is 49.8 Å². The lowest BCUT2D eigenvalue weighted by atomic mass is 10.1. The van der Waals surface area contributed by atoms with Crippen molar-refractivity contribution >= 4 is 35.8 Å². The highest BCUT2D eigenvalue weighted by molar-refractivity contribution is 14.0. The Morgan fingerprint density at radius 2 is 1.97 bits per heavy atom. The first-order valence-corrected chi connectivity index (χ1v) is 10.7. The van der Waals surface area contributed by atoms with Gasteiger partial charge in [0.15, 0.2) is 5.96 Å². The molecular formula is C21H34IN5O2. The number of hydrogen-bond donors (Lipinski definition) is 1. The molecule has 3 fully saturated rings. The number of anilines is 1. The van der Waals surface area contributed by atoms with Gasteiger partial charge in [-0.3, -0.25) is 4.99 Å². The molecule has 7 nitrogen and oxygen atoms in total. The standard InChI is InChI=1S/C21H33N5O2.HI/c1-22-21(26-11-13-28-19(16-26)18-6-5-12-27-18)24-15-17-7-8-23-20(14-17)25-9-3-2-4-10-25;/h7-8,14,18-19H,2-6,9-13,15-16H2,1H3,(H,22,24);1H. The normalized spacial score (nSPS) is 25.6. The molecule has 1 aromatic heterocycles. The van der Waals surface area contributed by atoms with E-state index in [-0.39, 0.29) is 36.2 Å². The summed E-state index contributed by atoms with van der Waals surface area (Å²) in [4.78, 5) is 13.8. The Balaban J connectivity index is 0.00000240. The molecule has 3 saturated heterocycles. The van der Waals surface area contributed by atoms with Crippen LogP contribution in [0.3, 0.4) is 0 Å². The molecule has 1 N–H and O–H groups in total. The van der Waals surface area contributed by atoms with Crippen molar-refractivity contribution in [1.29, 1.82) is 0 Å². The van der Waals surface area contributed by atoms with Crippen LogP contribution in [0.1, 0.15) is 37.7 Å². The fraction of sp³-hybridized carbons (Fsp3) is 0.714. The zero-order valence-corrected chi connectivity index (χ0v) is 19.7. The van der Waals surface area contributed by atoms with E-state index in [0.29, 0.717) is 0 Å². The molecule has 0 aromatic carbocycles. The number of nitrogens with one attached hydrogen (secondary N) is 1. The topological polar surface area (TPSA) is 62.2 Å². The molecule has 3 aliphatic heterocycles. The molecule has 29 heavy (non-hydrogen) atoms. The van der Waals surface area contributed by atoms with Gasteiger partial charge in [-0.2, -0.15) is 0 Å². The summed E-state index contributed by atoms with van der Waals surface area (Å²) in [6.07, 6.45) is 8.39. The fourth-order valence-corrected chi connectivity index (χ4v) is 4.37. The van der Waals surface area contributed by atoms with Crippen molar-refractivity contribution in [1.82, 2.24) is 15.2 Å². The van der Waals surface area contributed by atoms with E-state index < -0.39 is 0 Å². The lowest BCUT2D eigenvalue weighted by molar-refractivity contribution is -0.0817. The average molecular weight is 515 g/mol. The van der Waals surface area contributed by atoms with Crippen LogP contribution in [0.4, 0.5) is 5.82 Å². The van der Waals surface area contributed by atoms with E-state index in [1.54, 1.807) is 0 Å². The Morgan fingerprint density at radius 3 is 2.72 bits per heavy atom. The smallest absolute Gasteiger partial charge is 0.194 e. The van der Waals surface area contributed by atoms with Crippen molar-refractivity contribution in [3.05, 3.63) is 23.9 Å². The van der Waals surface area contributed by atoms with Gasteiger partial charge in [0.05, 0.1) is 12.7 Å². The third-order valence-electron chi connectivity index (χ3n) is 5.92. The van der Waals surface area contributed by atoms with Crippen molar-refractivity contribution in [2.75, 3.05) is 51.3 Å². The van der Waals surface area contributed by atoms with Gasteiger partial charge < -0.3 is 24.6 Å². The number of nitrogens with zero attached hydrogens (tertiary/aromatic N) is 4. The van der Waals surface area contributed by atoms with Crippen LogP contribution in [0.5, 0.6) is 0 Å². The maximum absolute atomic E-state index is 5.97. The molecule has 2 unspecified atom stereocenters. The number of morpholine rings is 1. The quantitative estimate of drug-likeness (QED) is 0.378. The van der Waals surface area contributed by atoms with E-state index in [9.17, 15) is 0 Å². The molecular weight excluding hydrogens is 481 g/mol. The van der Waals surface area contributed by atoms with Crippen LogP contribution in [0.2, 0.25) is 0 Å². The molecule has 0 amide bonds. The largest absolute Gasteiger partial charge is 0.375 e. The molecule has 4 rings (SSSR count). The zero-order valence-electron chi connectivity index (χ0n) is 17.4. The first-order chi connectivity index (χ1) is 13.8. The minimum atomic E-state index is 0. The highest BCUT2D eigenvalue weighted by Crippen LogP contribution is 2.21. The van der Waals surface area contributed by atoms with E-state index in [4.69, 9.17) is 9.47 Å². The Labute approximate surface area is 191 Å². The van der Waals surface area contributed by atoms with E-state index >= 15 is 0 Å². The molecule has 0 spiro atoms. The van der Waals surface area contributed by atoms with Crippen LogP contribution in [-0.4, -0.2) is 74.5 Å². The molecule has 0 bridgehead atoms. The summed E-state index contributed by atoms with van der Waals surface area (Å²) >= 11 is 0. The van der Waals surface area contributed by atoms with E-state index in [1.165, 1.54) is 24.8 Å². The van der Waals surface area contributed by atoms with E-state index in [2.05, 4.69) is 37.2 Å². The number of hydrogen-bond acceptors (Lipinski definition) is 5. The summed E-state index contributed by atoms with van der Waals surface area (Å²) in [6.45, 7) is 6.25. The molecule has 2 atom stereocenters. The molecule has 8 heteroatoms. The van der Waals surface area contributed by atoms with Gasteiger partial charge >= 0.3 is 0 Å². The fourth-order valence-electron chi connectivity index (χ4n) is 4.37. The van der Waals surface area contributed by atoms with Crippen LogP contribution in [0.15, 0.2) is 23.3 Å². The van der Waals surface area contributed by atoms with Gasteiger partial charge in [-0.25, -0.2) is 4.98 Å². The Morgan fingerprint density at radius 1 is 1.14 bits per heavy atom. The second kappa shape index (κ2) is 11.3. The van der Waals surface area contributed by atoms with Gasteiger partial charge in [0.1, 0.15) is 11.9 Å². The van der Waals surface area contributed by atoms with Crippen LogP contribution in [0, 0.1) is 0 Å². The molecule has 0 radical (unpaired) electrons. The van der Waals surface area contributed by atoms with Crippen molar-refractivity contribution in [3.8, 4) is 0 Å². The van der Waals surface area contributed by atoms with E-state index in [1.807, 2.05) is 13.2 Å². The van der Waals surface area contributed by atoms with Gasteiger partial charge in [0.2, 0.25) is 0 Å². The number of ether oxygens (including phenoxy) is 2. The summed E-state index contributed by atoms with van der Waals surface area (Å²) in [7, 11) is 1.85. The maximum atomic E-state index is 5.97. The van der Waals surface area contributed by atoms with Crippen molar-refractivity contribution in [3.63, 3.8) is 0 Å². The number of piperidine rings is 1. The molecule has 162 valence electrons. The second-order valence-electron chi connectivity index (χ2n) is 7.88. The number of guanidine groups is 1. The third kappa shape index (κ3) is 5.95. The first kappa shape index (κ1) is 22.6. The van der Waals surface area contributed by atoms with Crippen molar-refractivity contribution in [2.45, 2.75) is 50.9 Å². The highest BCUT2D eigenvalue weighted by Gasteiger charge is 2.32. The number of pyridine rings is 1. The summed E-state index contributed by atoms with van der Waals surface area (Å²) in [5, 5.41) is 3.53. The average Bonchev–Trinajstić information content (AvgIpc) is 3.30. The van der Waals surface area contributed by atoms with Crippen LogP contribution in [-0.2, 0) is 16.0 Å². The van der Waals surface area contributed by atoms with Crippen LogP contribution in [0.25, 0.3) is 0 Å². The maximum Gasteiger partial charge on any atom is 0.194 e. The Bertz CT molecular complexity index is 662. The SMILES string of the molecule is CN=C(NCc1ccnc(N2CCCCC2)c1)N1CCOC(C2CCCO2)C1.I. The van der Waals surface area contributed by atoms with Gasteiger partial charge in [0.25, 0.3) is 0 Å². The molecule has 4 heterocycles. The number of aliphatic imine (C=N–C) groups is 1. The van der Waals surface area contributed by atoms with Gasteiger partial charge in [-0.15, -0.1) is 24.0 Å². The van der Waals surface area contributed by atoms with Crippen LogP contribution >= 0.6 is 24.0 Å². The lowest BCUT2D eigenvalue weighted by Gasteiger charge is -2.37. The Kier molecular flexibility index (Phi) is 8.80. The Hall–Kier alpha value is -1.13. The highest BCUT2D eigenvalue weighted by atomic mass is 127. The number of aromatic nitrogens is 1. The molecule has 0 saturated carbocycles. The van der Waals surface area contributed by atoms with Crippen molar-refractivity contribution in [2.24, 2.45) is 4.99 Å². The minimum absolute atomic E-state index is 0. The molecule has 1 aromatic rings. The first-order valence-electron chi connectivity index (χ1n) is 10.7.